The molecule has 2 aliphatic rings. The zero-order valence-electron chi connectivity index (χ0n) is 14.6. The molecule has 8 heteroatoms. The van der Waals surface area contributed by atoms with Crippen molar-refractivity contribution >= 4 is 42.6 Å². The SMILES string of the molecule is CC(C)NS(=O)(=O)c1ccc2nc(NC(=O)[C@H]3C[C@H]4C=C[C@@H]3C4)sc2c1. The lowest BCUT2D eigenvalue weighted by atomic mass is 9.93. The van der Waals surface area contributed by atoms with Crippen molar-refractivity contribution in [3.8, 4) is 0 Å². The van der Waals surface area contributed by atoms with Crippen LogP contribution >= 0.6 is 11.3 Å². The summed E-state index contributed by atoms with van der Waals surface area (Å²) in [5.41, 5.74) is 0.682. The topological polar surface area (TPSA) is 88.2 Å². The van der Waals surface area contributed by atoms with E-state index in [9.17, 15) is 13.2 Å². The number of nitrogens with one attached hydrogen (secondary N) is 2. The van der Waals surface area contributed by atoms with Gasteiger partial charge in [0.05, 0.1) is 15.1 Å². The summed E-state index contributed by atoms with van der Waals surface area (Å²) in [4.78, 5) is 17.2. The Morgan fingerprint density at radius 3 is 2.73 bits per heavy atom. The van der Waals surface area contributed by atoms with E-state index in [1.807, 2.05) is 0 Å². The number of rotatable bonds is 5. The number of carbonyl (C=O) groups is 1. The van der Waals surface area contributed by atoms with Crippen LogP contribution in [-0.2, 0) is 14.8 Å². The zero-order chi connectivity index (χ0) is 18.5. The predicted molar refractivity (Wildman–Crippen MR) is 103 cm³/mol. The van der Waals surface area contributed by atoms with E-state index < -0.39 is 10.0 Å². The molecule has 1 aromatic heterocycles. The van der Waals surface area contributed by atoms with Gasteiger partial charge in [0.2, 0.25) is 15.9 Å². The Bertz CT molecular complexity index is 994. The lowest BCUT2D eigenvalue weighted by molar-refractivity contribution is -0.120. The fraction of sp³-hybridized carbons (Fsp3) is 0.444. The number of allylic oxidation sites excluding steroid dienone is 2. The van der Waals surface area contributed by atoms with Gasteiger partial charge in [0.1, 0.15) is 0 Å². The standard InChI is InChI=1S/C18H21N3O3S2/c1-10(2)21-26(23,24)13-5-6-15-16(9-13)25-18(19-15)20-17(22)14-8-11-3-4-12(14)7-11/h3-6,9-12,14,21H,7-8H2,1-2H3,(H,19,20,22)/t11-,12+,14-/m0/s1. The molecule has 1 heterocycles. The highest BCUT2D eigenvalue weighted by atomic mass is 32.2. The van der Waals surface area contributed by atoms with Crippen LogP contribution in [-0.4, -0.2) is 25.4 Å². The minimum atomic E-state index is -3.55. The van der Waals surface area contributed by atoms with E-state index >= 15 is 0 Å². The summed E-state index contributed by atoms with van der Waals surface area (Å²) < 4.78 is 27.9. The van der Waals surface area contributed by atoms with E-state index in [0.717, 1.165) is 17.5 Å². The quantitative estimate of drug-likeness (QED) is 0.767. The second-order valence-corrected chi connectivity index (χ2v) is 10.0. The first-order valence-corrected chi connectivity index (χ1v) is 11.0. The van der Waals surface area contributed by atoms with Crippen molar-refractivity contribution in [2.24, 2.45) is 17.8 Å². The van der Waals surface area contributed by atoms with Crippen LogP contribution in [0.3, 0.4) is 0 Å². The van der Waals surface area contributed by atoms with Crippen LogP contribution in [0, 0.1) is 17.8 Å². The second kappa shape index (κ2) is 6.44. The summed E-state index contributed by atoms with van der Waals surface area (Å²) >= 11 is 1.30. The molecule has 6 nitrogen and oxygen atoms in total. The maximum absolute atomic E-state index is 12.5. The van der Waals surface area contributed by atoms with Crippen molar-refractivity contribution in [3.05, 3.63) is 30.4 Å². The van der Waals surface area contributed by atoms with Crippen molar-refractivity contribution < 1.29 is 13.2 Å². The third kappa shape index (κ3) is 3.28. The van der Waals surface area contributed by atoms with Crippen molar-refractivity contribution in [2.75, 3.05) is 5.32 Å². The highest BCUT2D eigenvalue weighted by Gasteiger charge is 2.39. The molecule has 1 fully saturated rings. The van der Waals surface area contributed by atoms with Gasteiger partial charge in [-0.2, -0.15) is 0 Å². The van der Waals surface area contributed by atoms with E-state index in [4.69, 9.17) is 0 Å². The van der Waals surface area contributed by atoms with E-state index in [-0.39, 0.29) is 22.8 Å². The van der Waals surface area contributed by atoms with Gasteiger partial charge in [0.15, 0.2) is 5.13 Å². The number of benzene rings is 1. The van der Waals surface area contributed by atoms with E-state index in [1.54, 1.807) is 32.0 Å². The third-order valence-electron chi connectivity index (χ3n) is 4.91. The Balaban J connectivity index is 1.54. The second-order valence-electron chi connectivity index (χ2n) is 7.30. The molecule has 3 atom stereocenters. The van der Waals surface area contributed by atoms with Gasteiger partial charge in [-0.05, 0) is 56.7 Å². The third-order valence-corrected chi connectivity index (χ3v) is 7.50. The highest BCUT2D eigenvalue weighted by Crippen LogP contribution is 2.44. The molecule has 2 aromatic rings. The molecule has 0 unspecified atom stereocenters. The molecular weight excluding hydrogens is 370 g/mol. The molecule has 2 bridgehead atoms. The molecule has 2 N–H and O–H groups in total. The van der Waals surface area contributed by atoms with Gasteiger partial charge in [-0.15, -0.1) is 0 Å². The van der Waals surface area contributed by atoms with Crippen LogP contribution in [0.2, 0.25) is 0 Å². The number of hydrogen-bond donors (Lipinski definition) is 2. The number of sulfonamides is 1. The Kier molecular flexibility index (Phi) is 4.37. The maximum atomic E-state index is 12.5. The summed E-state index contributed by atoms with van der Waals surface area (Å²) in [5, 5.41) is 3.43. The Morgan fingerprint density at radius 2 is 2.08 bits per heavy atom. The van der Waals surface area contributed by atoms with Gasteiger partial charge >= 0.3 is 0 Å². The summed E-state index contributed by atoms with van der Waals surface area (Å²) in [7, 11) is -3.55. The highest BCUT2D eigenvalue weighted by molar-refractivity contribution is 7.89. The molecule has 0 radical (unpaired) electrons. The van der Waals surface area contributed by atoms with Crippen LogP contribution in [0.1, 0.15) is 26.7 Å². The van der Waals surface area contributed by atoms with E-state index in [2.05, 4.69) is 27.2 Å². The van der Waals surface area contributed by atoms with Gasteiger partial charge in [-0.1, -0.05) is 23.5 Å². The van der Waals surface area contributed by atoms with Gasteiger partial charge in [-0.3, -0.25) is 4.79 Å². The first kappa shape index (κ1) is 17.6. The lowest BCUT2D eigenvalue weighted by Crippen LogP contribution is -2.30. The van der Waals surface area contributed by atoms with Gasteiger partial charge < -0.3 is 5.32 Å². The normalized spacial score (nSPS) is 24.7. The molecule has 1 saturated carbocycles. The predicted octanol–water partition coefficient (Wildman–Crippen LogP) is 3.13. The molecule has 26 heavy (non-hydrogen) atoms. The van der Waals surface area contributed by atoms with Gasteiger partial charge in [0.25, 0.3) is 0 Å². The number of amides is 1. The zero-order valence-corrected chi connectivity index (χ0v) is 16.2. The average Bonchev–Trinajstić information content (AvgIpc) is 3.27. The Labute approximate surface area is 156 Å². The van der Waals surface area contributed by atoms with Gasteiger partial charge in [-0.25, -0.2) is 18.1 Å². The number of fused-ring (bicyclic) bond motifs is 3. The minimum absolute atomic E-state index is 0.00947. The number of thiazole rings is 1. The lowest BCUT2D eigenvalue weighted by Gasteiger charge is -2.16. The summed E-state index contributed by atoms with van der Waals surface area (Å²) in [6.45, 7) is 3.56. The largest absolute Gasteiger partial charge is 0.302 e. The molecule has 2 aliphatic carbocycles. The number of carbonyl (C=O) groups excluding carboxylic acids is 1. The molecule has 4 rings (SSSR count). The van der Waals surface area contributed by atoms with Crippen LogP contribution in [0.25, 0.3) is 10.2 Å². The van der Waals surface area contributed by atoms with Crippen LogP contribution in [0.5, 0.6) is 0 Å². The molecule has 0 spiro atoms. The first-order chi connectivity index (χ1) is 12.3. The van der Waals surface area contributed by atoms with Gasteiger partial charge in [0, 0.05) is 12.0 Å². The molecule has 0 aliphatic heterocycles. The molecule has 1 amide bonds. The smallest absolute Gasteiger partial charge is 0.240 e. The average molecular weight is 392 g/mol. The monoisotopic (exact) mass is 391 g/mol. The number of aromatic nitrogens is 1. The summed E-state index contributed by atoms with van der Waals surface area (Å²) in [5.74, 6) is 0.902. The van der Waals surface area contributed by atoms with Crippen LogP contribution < -0.4 is 10.0 Å². The van der Waals surface area contributed by atoms with E-state index in [1.165, 1.54) is 11.3 Å². The van der Waals surface area contributed by atoms with Crippen molar-refractivity contribution in [3.63, 3.8) is 0 Å². The van der Waals surface area contributed by atoms with Crippen LogP contribution in [0.15, 0.2) is 35.2 Å². The first-order valence-electron chi connectivity index (χ1n) is 8.74. The van der Waals surface area contributed by atoms with E-state index in [0.29, 0.717) is 22.5 Å². The fourth-order valence-electron chi connectivity index (χ4n) is 3.78. The maximum Gasteiger partial charge on any atom is 0.240 e. The fourth-order valence-corrected chi connectivity index (χ4v) is 6.04. The number of hydrogen-bond acceptors (Lipinski definition) is 5. The number of nitrogens with zero attached hydrogens (tertiary/aromatic N) is 1. The Hall–Kier alpha value is -1.77. The van der Waals surface area contributed by atoms with Crippen molar-refractivity contribution in [2.45, 2.75) is 37.6 Å². The summed E-state index contributed by atoms with van der Waals surface area (Å²) in [6, 6.07) is 4.64. The summed E-state index contributed by atoms with van der Waals surface area (Å²) in [6.07, 6.45) is 6.33. The van der Waals surface area contributed by atoms with Crippen molar-refractivity contribution in [1.29, 1.82) is 0 Å². The van der Waals surface area contributed by atoms with Crippen molar-refractivity contribution in [1.82, 2.24) is 9.71 Å². The van der Waals surface area contributed by atoms with Crippen LogP contribution in [0.4, 0.5) is 5.13 Å². The molecule has 138 valence electrons. The minimum Gasteiger partial charge on any atom is -0.302 e. The molecule has 1 aromatic carbocycles. The Morgan fingerprint density at radius 1 is 1.27 bits per heavy atom. The molecule has 0 saturated heterocycles. The molecular formula is C18H21N3O3S2. The number of anilines is 1.